The van der Waals surface area contributed by atoms with E-state index in [4.69, 9.17) is 4.52 Å². The van der Waals surface area contributed by atoms with Crippen molar-refractivity contribution in [1.82, 2.24) is 5.16 Å². The van der Waals surface area contributed by atoms with Gasteiger partial charge in [0, 0.05) is 17.5 Å². The predicted octanol–water partition coefficient (Wildman–Crippen LogP) is 4.54. The second-order valence-electron chi connectivity index (χ2n) is 6.34. The molecule has 3 rings (SSSR count). The van der Waals surface area contributed by atoms with Crippen molar-refractivity contribution >= 4 is 50.8 Å². The summed E-state index contributed by atoms with van der Waals surface area (Å²) in [6.45, 7) is 5.14. The van der Waals surface area contributed by atoms with Crippen LogP contribution >= 0.6 is 11.3 Å². The summed E-state index contributed by atoms with van der Waals surface area (Å²) in [4.78, 5) is 12.0. The maximum atomic E-state index is 12.7. The first-order valence-electron chi connectivity index (χ1n) is 8.92. The molecule has 0 saturated carbocycles. The van der Waals surface area contributed by atoms with Gasteiger partial charge >= 0.3 is 0 Å². The lowest BCUT2D eigenvalue weighted by atomic mass is 10.1. The average Bonchev–Trinajstić information content (AvgIpc) is 3.28. The van der Waals surface area contributed by atoms with Gasteiger partial charge in [0.2, 0.25) is 5.91 Å². The Hall–Kier alpha value is -2.91. The maximum absolute atomic E-state index is 12.7. The number of rotatable bonds is 7. The molecule has 0 aliphatic carbocycles. The van der Waals surface area contributed by atoms with Gasteiger partial charge in [0.1, 0.15) is 15.6 Å². The van der Waals surface area contributed by atoms with Gasteiger partial charge in [-0.05, 0) is 55.3 Å². The third kappa shape index (κ3) is 5.12. The molecular formula is C20H21N3O4S2. The minimum atomic E-state index is -3.68. The summed E-state index contributed by atoms with van der Waals surface area (Å²) < 4.78 is 33.4. The van der Waals surface area contributed by atoms with Crippen LogP contribution in [-0.4, -0.2) is 19.5 Å². The van der Waals surface area contributed by atoms with Crippen molar-refractivity contribution in [2.45, 2.75) is 31.4 Å². The van der Waals surface area contributed by atoms with Gasteiger partial charge in [-0.1, -0.05) is 24.2 Å². The number of aromatic nitrogens is 1. The molecule has 2 aromatic heterocycles. The van der Waals surface area contributed by atoms with E-state index in [1.54, 1.807) is 37.3 Å². The number of benzene rings is 1. The molecule has 1 aromatic carbocycles. The van der Waals surface area contributed by atoms with Crippen LogP contribution in [0.1, 0.15) is 35.7 Å². The van der Waals surface area contributed by atoms with E-state index in [9.17, 15) is 13.2 Å². The van der Waals surface area contributed by atoms with Crippen LogP contribution in [0.25, 0.3) is 12.2 Å². The Labute approximate surface area is 173 Å². The Kier molecular flexibility index (Phi) is 6.19. The first-order chi connectivity index (χ1) is 13.8. The van der Waals surface area contributed by atoms with Crippen LogP contribution in [0.15, 0.2) is 45.1 Å². The number of anilines is 2. The van der Waals surface area contributed by atoms with E-state index >= 15 is 0 Å². The second kappa shape index (κ2) is 8.62. The number of sulfonamides is 1. The van der Waals surface area contributed by atoms with Gasteiger partial charge in [0.05, 0.1) is 0 Å². The predicted molar refractivity (Wildman–Crippen MR) is 115 cm³/mol. The van der Waals surface area contributed by atoms with Gasteiger partial charge in [0.25, 0.3) is 10.0 Å². The van der Waals surface area contributed by atoms with Crippen LogP contribution in [0.2, 0.25) is 0 Å². The van der Waals surface area contributed by atoms with Gasteiger partial charge in [-0.15, -0.1) is 11.3 Å². The van der Waals surface area contributed by atoms with Gasteiger partial charge in [0.15, 0.2) is 5.76 Å². The van der Waals surface area contributed by atoms with Crippen LogP contribution in [0, 0.1) is 6.92 Å². The molecule has 2 heterocycles. The molecule has 0 aliphatic heterocycles. The summed E-state index contributed by atoms with van der Waals surface area (Å²) in [5.41, 5.74) is 2.65. The Morgan fingerprint density at radius 1 is 1.24 bits per heavy atom. The van der Waals surface area contributed by atoms with Gasteiger partial charge in [-0.3, -0.25) is 9.52 Å². The zero-order valence-electron chi connectivity index (χ0n) is 16.2. The lowest BCUT2D eigenvalue weighted by Crippen LogP contribution is -2.11. The lowest BCUT2D eigenvalue weighted by molar-refractivity contribution is -0.114. The van der Waals surface area contributed by atoms with Crippen molar-refractivity contribution in [1.29, 1.82) is 0 Å². The fourth-order valence-electron chi connectivity index (χ4n) is 2.62. The highest BCUT2D eigenvalue weighted by atomic mass is 32.2. The molecule has 1 amide bonds. The SMILES string of the molecule is CCc1cccc(NS(=O)(=O)c2ccc(/C=C/c3onc(C)c3NC(C)=O)s2)c1. The molecule has 3 aromatic rings. The average molecular weight is 432 g/mol. The first-order valence-corrected chi connectivity index (χ1v) is 11.2. The summed E-state index contributed by atoms with van der Waals surface area (Å²) in [6.07, 6.45) is 4.18. The second-order valence-corrected chi connectivity index (χ2v) is 9.36. The molecule has 0 bridgehead atoms. The van der Waals surface area contributed by atoms with Gasteiger partial charge < -0.3 is 9.84 Å². The number of hydrogen-bond acceptors (Lipinski definition) is 6. The zero-order valence-corrected chi connectivity index (χ0v) is 17.9. The number of thiophene rings is 1. The third-order valence-corrected chi connectivity index (χ3v) is 6.97. The van der Waals surface area contributed by atoms with Crippen molar-refractivity contribution < 1.29 is 17.7 Å². The molecule has 0 fully saturated rings. The molecule has 0 atom stereocenters. The molecule has 0 radical (unpaired) electrons. The molecule has 2 N–H and O–H groups in total. The Morgan fingerprint density at radius 2 is 2.03 bits per heavy atom. The first kappa shape index (κ1) is 20.8. The number of nitrogens with zero attached hydrogens (tertiary/aromatic N) is 1. The molecule has 0 saturated heterocycles. The molecule has 0 unspecified atom stereocenters. The lowest BCUT2D eigenvalue weighted by Gasteiger charge is -2.07. The van der Waals surface area contributed by atoms with Crippen molar-refractivity contribution in [3.63, 3.8) is 0 Å². The Bertz CT molecular complexity index is 1160. The number of carbonyl (C=O) groups excluding carboxylic acids is 1. The van der Waals surface area contributed by atoms with E-state index < -0.39 is 10.0 Å². The van der Waals surface area contributed by atoms with Crippen LogP contribution in [0.4, 0.5) is 11.4 Å². The summed E-state index contributed by atoms with van der Waals surface area (Å²) >= 11 is 1.13. The fraction of sp³-hybridized carbons (Fsp3) is 0.200. The van der Waals surface area contributed by atoms with Crippen molar-refractivity contribution in [3.8, 4) is 0 Å². The molecule has 0 spiro atoms. The monoisotopic (exact) mass is 431 g/mol. The van der Waals surface area contributed by atoms with Gasteiger partial charge in [-0.25, -0.2) is 8.42 Å². The third-order valence-electron chi connectivity index (χ3n) is 4.04. The highest BCUT2D eigenvalue weighted by Crippen LogP contribution is 2.27. The molecule has 29 heavy (non-hydrogen) atoms. The number of nitrogens with one attached hydrogen (secondary N) is 2. The Balaban J connectivity index is 1.78. The normalized spacial score (nSPS) is 11.7. The number of amides is 1. The Morgan fingerprint density at radius 3 is 2.76 bits per heavy atom. The molecular weight excluding hydrogens is 410 g/mol. The highest BCUT2D eigenvalue weighted by Gasteiger charge is 2.17. The van der Waals surface area contributed by atoms with E-state index in [2.05, 4.69) is 15.2 Å². The van der Waals surface area contributed by atoms with Crippen molar-refractivity contribution in [2.24, 2.45) is 0 Å². The number of carbonyl (C=O) groups is 1. The van der Waals surface area contributed by atoms with Gasteiger partial charge in [-0.2, -0.15) is 0 Å². The number of hydrogen-bond donors (Lipinski definition) is 2. The van der Waals surface area contributed by atoms with Crippen LogP contribution in [-0.2, 0) is 21.2 Å². The standard InChI is InChI=1S/C20H21N3O4S2/c1-4-15-6-5-7-16(12-15)23-29(25,26)19-11-9-17(28-19)8-10-18-20(21-14(3)24)13(2)22-27-18/h5-12,23H,4H2,1-3H3,(H,21,24)/b10-8+. The summed E-state index contributed by atoms with van der Waals surface area (Å²) in [5.74, 6) is 0.165. The van der Waals surface area contributed by atoms with E-state index in [-0.39, 0.29) is 10.1 Å². The van der Waals surface area contributed by atoms with Crippen molar-refractivity contribution in [3.05, 3.63) is 58.3 Å². The van der Waals surface area contributed by atoms with E-state index in [0.717, 1.165) is 28.2 Å². The summed E-state index contributed by atoms with van der Waals surface area (Å²) in [6, 6.07) is 10.6. The highest BCUT2D eigenvalue weighted by molar-refractivity contribution is 7.94. The largest absolute Gasteiger partial charge is 0.354 e. The summed E-state index contributed by atoms with van der Waals surface area (Å²) in [5, 5.41) is 6.52. The molecule has 0 aliphatic rings. The smallest absolute Gasteiger partial charge is 0.271 e. The zero-order chi connectivity index (χ0) is 21.0. The van der Waals surface area contributed by atoms with Crippen molar-refractivity contribution in [2.75, 3.05) is 10.0 Å². The fourth-order valence-corrected chi connectivity index (χ4v) is 4.89. The van der Waals surface area contributed by atoms with Crippen LogP contribution in [0.5, 0.6) is 0 Å². The quantitative estimate of drug-likeness (QED) is 0.572. The van der Waals surface area contributed by atoms with E-state index in [1.165, 1.54) is 6.92 Å². The minimum Gasteiger partial charge on any atom is -0.354 e. The van der Waals surface area contributed by atoms with E-state index in [1.807, 2.05) is 25.1 Å². The topological polar surface area (TPSA) is 101 Å². The molecule has 152 valence electrons. The molecule has 9 heteroatoms. The maximum Gasteiger partial charge on any atom is 0.271 e. The van der Waals surface area contributed by atoms with Crippen LogP contribution < -0.4 is 10.0 Å². The summed E-state index contributed by atoms with van der Waals surface area (Å²) in [7, 11) is -3.68. The number of aryl methyl sites for hydroxylation is 2. The van der Waals surface area contributed by atoms with E-state index in [0.29, 0.717) is 22.8 Å². The van der Waals surface area contributed by atoms with Crippen LogP contribution in [0.3, 0.4) is 0 Å². The molecule has 7 nitrogen and oxygen atoms in total. The minimum absolute atomic E-state index is 0.204.